The summed E-state index contributed by atoms with van der Waals surface area (Å²) in [6.07, 6.45) is 1.11. The highest BCUT2D eigenvalue weighted by Crippen LogP contribution is 2.21. The summed E-state index contributed by atoms with van der Waals surface area (Å²) in [5.41, 5.74) is -0.552. The third kappa shape index (κ3) is 6.50. The molecule has 1 unspecified atom stereocenters. The maximum absolute atomic E-state index is 13.3. The lowest BCUT2D eigenvalue weighted by Gasteiger charge is -2.32. The van der Waals surface area contributed by atoms with E-state index in [1.807, 2.05) is 4.90 Å². The third-order valence-corrected chi connectivity index (χ3v) is 3.91. The zero-order valence-corrected chi connectivity index (χ0v) is 15.5. The number of amides is 2. The Morgan fingerprint density at radius 2 is 2.04 bits per heavy atom. The highest BCUT2D eigenvalue weighted by molar-refractivity contribution is 5.79. The Balaban J connectivity index is 1.74. The first-order valence-electron chi connectivity index (χ1n) is 8.87. The summed E-state index contributed by atoms with van der Waals surface area (Å²) in [5.74, 6) is -0.233. The average molecular weight is 366 g/mol. The number of aromatic nitrogens is 1. The maximum atomic E-state index is 13.3. The second kappa shape index (κ2) is 8.82. The van der Waals surface area contributed by atoms with E-state index in [0.29, 0.717) is 25.5 Å². The van der Waals surface area contributed by atoms with Crippen molar-refractivity contribution in [3.05, 3.63) is 24.1 Å². The van der Waals surface area contributed by atoms with Crippen molar-refractivity contribution in [3.63, 3.8) is 0 Å². The Hall–Kier alpha value is -2.38. The van der Waals surface area contributed by atoms with Gasteiger partial charge < -0.3 is 20.3 Å². The third-order valence-electron chi connectivity index (χ3n) is 3.91. The number of nitrogens with zero attached hydrogens (tertiary/aromatic N) is 2. The number of hydrogen-bond acceptors (Lipinski definition) is 5. The molecule has 2 amide bonds. The van der Waals surface area contributed by atoms with Crippen molar-refractivity contribution >= 4 is 17.8 Å². The van der Waals surface area contributed by atoms with Gasteiger partial charge in [0.2, 0.25) is 11.9 Å². The molecule has 2 N–H and O–H groups in total. The van der Waals surface area contributed by atoms with Crippen LogP contribution in [0.3, 0.4) is 0 Å². The number of ether oxygens (including phenoxy) is 1. The van der Waals surface area contributed by atoms with Crippen LogP contribution in [0.2, 0.25) is 0 Å². The van der Waals surface area contributed by atoms with E-state index in [2.05, 4.69) is 15.6 Å². The topological polar surface area (TPSA) is 83.6 Å². The molecular weight excluding hydrogens is 339 g/mol. The number of rotatable bonds is 5. The second-order valence-corrected chi connectivity index (χ2v) is 7.32. The molecule has 0 spiro atoms. The predicted octanol–water partition coefficient (Wildman–Crippen LogP) is 2.08. The largest absolute Gasteiger partial charge is 0.444 e. The van der Waals surface area contributed by atoms with Gasteiger partial charge in [-0.05, 0) is 45.7 Å². The lowest BCUT2D eigenvalue weighted by Crippen LogP contribution is -2.45. The molecule has 7 nitrogen and oxygen atoms in total. The molecule has 8 heteroatoms. The van der Waals surface area contributed by atoms with Gasteiger partial charge in [0.1, 0.15) is 11.4 Å². The fourth-order valence-corrected chi connectivity index (χ4v) is 2.78. The Morgan fingerprint density at radius 1 is 1.31 bits per heavy atom. The van der Waals surface area contributed by atoms with E-state index in [0.717, 1.165) is 19.4 Å². The van der Waals surface area contributed by atoms with E-state index >= 15 is 0 Å². The van der Waals surface area contributed by atoms with Crippen molar-refractivity contribution in [2.75, 3.05) is 31.1 Å². The quantitative estimate of drug-likeness (QED) is 0.616. The van der Waals surface area contributed by atoms with Crippen LogP contribution in [-0.4, -0.2) is 48.8 Å². The summed E-state index contributed by atoms with van der Waals surface area (Å²) in [4.78, 5) is 29.7. The molecule has 1 fully saturated rings. The summed E-state index contributed by atoms with van der Waals surface area (Å²) in [6.45, 7) is 7.24. The summed E-state index contributed by atoms with van der Waals surface area (Å²) in [6, 6.07) is 4.66. The number of anilines is 1. The molecule has 0 aromatic carbocycles. The fraction of sp³-hybridized carbons (Fsp3) is 0.611. The molecule has 144 valence electrons. The van der Waals surface area contributed by atoms with Gasteiger partial charge in [-0.1, -0.05) is 6.07 Å². The van der Waals surface area contributed by atoms with Crippen molar-refractivity contribution in [2.45, 2.75) is 39.2 Å². The minimum atomic E-state index is -0.552. The Labute approximate surface area is 153 Å². The van der Waals surface area contributed by atoms with Crippen LogP contribution in [0, 0.1) is 11.9 Å². The SMILES string of the molecule is CC(C)(C)OC(=O)NCCNC(=O)C1CCCN(c2cccc(F)n2)C1. The van der Waals surface area contributed by atoms with Crippen molar-refractivity contribution in [1.29, 1.82) is 0 Å². The molecule has 0 saturated carbocycles. The zero-order chi connectivity index (χ0) is 19.2. The Kier molecular flexibility index (Phi) is 6.76. The van der Waals surface area contributed by atoms with Crippen LogP contribution < -0.4 is 15.5 Å². The molecule has 1 aromatic heterocycles. The van der Waals surface area contributed by atoms with Crippen molar-refractivity contribution < 1.29 is 18.7 Å². The van der Waals surface area contributed by atoms with E-state index in [1.54, 1.807) is 32.9 Å². The van der Waals surface area contributed by atoms with Crippen molar-refractivity contribution in [1.82, 2.24) is 15.6 Å². The van der Waals surface area contributed by atoms with Gasteiger partial charge in [-0.3, -0.25) is 4.79 Å². The molecule has 0 radical (unpaired) electrons. The zero-order valence-electron chi connectivity index (χ0n) is 15.5. The molecule has 1 aromatic rings. The van der Waals surface area contributed by atoms with Gasteiger partial charge in [0.05, 0.1) is 5.92 Å². The maximum Gasteiger partial charge on any atom is 0.407 e. The van der Waals surface area contributed by atoms with Gasteiger partial charge in [-0.2, -0.15) is 4.39 Å². The highest BCUT2D eigenvalue weighted by atomic mass is 19.1. The van der Waals surface area contributed by atoms with Crippen LogP contribution in [0.5, 0.6) is 0 Å². The molecule has 0 aliphatic carbocycles. The number of carbonyl (C=O) groups is 2. The van der Waals surface area contributed by atoms with Crippen LogP contribution in [0.4, 0.5) is 15.0 Å². The molecule has 1 aliphatic rings. The van der Waals surface area contributed by atoms with E-state index < -0.39 is 17.6 Å². The van der Waals surface area contributed by atoms with Crippen LogP contribution in [0.1, 0.15) is 33.6 Å². The van der Waals surface area contributed by atoms with E-state index in [-0.39, 0.29) is 11.8 Å². The second-order valence-electron chi connectivity index (χ2n) is 7.32. The highest BCUT2D eigenvalue weighted by Gasteiger charge is 2.26. The first kappa shape index (κ1) is 19.9. The minimum Gasteiger partial charge on any atom is -0.444 e. The average Bonchev–Trinajstić information content (AvgIpc) is 2.57. The first-order chi connectivity index (χ1) is 12.2. The number of pyridine rings is 1. The first-order valence-corrected chi connectivity index (χ1v) is 8.87. The van der Waals surface area contributed by atoms with Gasteiger partial charge >= 0.3 is 6.09 Å². The summed E-state index contributed by atoms with van der Waals surface area (Å²) >= 11 is 0. The van der Waals surface area contributed by atoms with E-state index in [1.165, 1.54) is 6.07 Å². The normalized spacial score (nSPS) is 17.5. The number of alkyl carbamates (subject to hydrolysis) is 1. The Morgan fingerprint density at radius 3 is 2.73 bits per heavy atom. The summed E-state index contributed by atoms with van der Waals surface area (Å²) in [7, 11) is 0. The fourth-order valence-electron chi connectivity index (χ4n) is 2.78. The van der Waals surface area contributed by atoms with Crippen LogP contribution in [0.15, 0.2) is 18.2 Å². The van der Waals surface area contributed by atoms with Crippen molar-refractivity contribution in [2.24, 2.45) is 5.92 Å². The molecule has 26 heavy (non-hydrogen) atoms. The number of carbonyl (C=O) groups excluding carboxylic acids is 2. The lowest BCUT2D eigenvalue weighted by molar-refractivity contribution is -0.125. The molecule has 2 heterocycles. The number of piperidine rings is 1. The number of hydrogen-bond donors (Lipinski definition) is 2. The van der Waals surface area contributed by atoms with Crippen LogP contribution in [-0.2, 0) is 9.53 Å². The number of halogens is 1. The Bertz CT molecular complexity index is 633. The molecular formula is C18H27FN4O3. The summed E-state index contributed by atoms with van der Waals surface area (Å²) in [5, 5.41) is 5.42. The van der Waals surface area contributed by atoms with Crippen LogP contribution >= 0.6 is 0 Å². The molecule has 0 bridgehead atoms. The van der Waals surface area contributed by atoms with Crippen LogP contribution in [0.25, 0.3) is 0 Å². The van der Waals surface area contributed by atoms with Gasteiger partial charge in [-0.15, -0.1) is 0 Å². The predicted molar refractivity (Wildman–Crippen MR) is 96.4 cm³/mol. The molecule has 1 saturated heterocycles. The molecule has 1 atom stereocenters. The monoisotopic (exact) mass is 366 g/mol. The minimum absolute atomic E-state index is 0.0721. The lowest BCUT2D eigenvalue weighted by atomic mass is 9.97. The standard InChI is InChI=1S/C18H27FN4O3/c1-18(2,3)26-17(25)21-10-9-20-16(24)13-6-5-11-23(12-13)15-8-4-7-14(19)22-15/h4,7-8,13H,5-6,9-12H2,1-3H3,(H,20,24)(H,21,25). The number of nitrogens with one attached hydrogen (secondary N) is 2. The smallest absolute Gasteiger partial charge is 0.407 e. The van der Waals surface area contributed by atoms with Gasteiger partial charge in [0, 0.05) is 26.2 Å². The van der Waals surface area contributed by atoms with E-state index in [4.69, 9.17) is 4.74 Å². The van der Waals surface area contributed by atoms with Gasteiger partial charge in [0.15, 0.2) is 0 Å². The molecule has 1 aliphatic heterocycles. The van der Waals surface area contributed by atoms with Crippen molar-refractivity contribution in [3.8, 4) is 0 Å². The summed E-state index contributed by atoms with van der Waals surface area (Å²) < 4.78 is 18.4. The van der Waals surface area contributed by atoms with Gasteiger partial charge in [-0.25, -0.2) is 9.78 Å². The molecule has 2 rings (SSSR count). The van der Waals surface area contributed by atoms with Gasteiger partial charge in [0.25, 0.3) is 0 Å². The van der Waals surface area contributed by atoms with E-state index in [9.17, 15) is 14.0 Å².